The minimum absolute atomic E-state index is 0.00657. The minimum atomic E-state index is -2.92. The highest BCUT2D eigenvalue weighted by Gasteiger charge is 2.39. The number of aromatic nitrogens is 3. The molecule has 2 atom stereocenters. The number of rotatable bonds is 6. The molecule has 2 aromatic carbocycles. The summed E-state index contributed by atoms with van der Waals surface area (Å²) in [6, 6.07) is 12.8. The molecule has 1 fully saturated rings. The summed E-state index contributed by atoms with van der Waals surface area (Å²) >= 11 is 7.46. The van der Waals surface area contributed by atoms with Crippen molar-refractivity contribution in [2.75, 3.05) is 5.43 Å². The Labute approximate surface area is 205 Å². The van der Waals surface area contributed by atoms with E-state index in [0.717, 1.165) is 24.2 Å². The first kappa shape index (κ1) is 23.1. The molecule has 6 nitrogen and oxygen atoms in total. The third-order valence-electron chi connectivity index (χ3n) is 6.28. The van der Waals surface area contributed by atoms with Gasteiger partial charge in [-0.05, 0) is 54.8 Å². The number of hydrogen-bond donors (Lipinski definition) is 1. The Bertz CT molecular complexity index is 1150. The molecule has 2 aliphatic rings. The summed E-state index contributed by atoms with van der Waals surface area (Å²) in [5.41, 5.74) is 4.81. The molecule has 0 saturated heterocycles. The highest BCUT2D eigenvalue weighted by Crippen LogP contribution is 2.41. The number of hydrogen-bond acceptors (Lipinski definition) is 6. The Morgan fingerprint density at radius 1 is 1.06 bits per heavy atom. The predicted octanol–water partition coefficient (Wildman–Crippen LogP) is 6.22. The van der Waals surface area contributed by atoms with Gasteiger partial charge < -0.3 is 10.2 Å². The Hall–Kier alpha value is -2.65. The molecule has 1 aromatic heterocycles. The van der Waals surface area contributed by atoms with Gasteiger partial charge in [-0.15, -0.1) is 10.2 Å². The van der Waals surface area contributed by atoms with Gasteiger partial charge in [-0.1, -0.05) is 54.8 Å². The first-order chi connectivity index (χ1) is 16.5. The third-order valence-corrected chi connectivity index (χ3v) is 7.75. The first-order valence-corrected chi connectivity index (χ1v) is 12.5. The van der Waals surface area contributed by atoms with Crippen LogP contribution < -0.4 is 10.2 Å². The summed E-state index contributed by atoms with van der Waals surface area (Å²) in [4.78, 5) is 13.6. The van der Waals surface area contributed by atoms with E-state index < -0.39 is 11.9 Å². The molecule has 178 valence electrons. The first-order valence-electron chi connectivity index (χ1n) is 11.2. The van der Waals surface area contributed by atoms with Crippen molar-refractivity contribution >= 4 is 29.1 Å². The lowest BCUT2D eigenvalue weighted by Crippen LogP contribution is -2.39. The lowest BCUT2D eigenvalue weighted by molar-refractivity contribution is -0.0498. The Balaban J connectivity index is 1.47. The van der Waals surface area contributed by atoms with Crippen LogP contribution in [0.5, 0.6) is 5.75 Å². The quantitative estimate of drug-likeness (QED) is 0.402. The van der Waals surface area contributed by atoms with Crippen LogP contribution in [0.4, 0.5) is 8.78 Å². The van der Waals surface area contributed by atoms with Crippen LogP contribution in [-0.4, -0.2) is 32.5 Å². The van der Waals surface area contributed by atoms with Crippen LogP contribution >= 0.6 is 23.4 Å². The fourth-order valence-corrected chi connectivity index (χ4v) is 5.87. The molecule has 5 rings (SSSR count). The molecule has 2 heterocycles. The number of halogens is 3. The van der Waals surface area contributed by atoms with Crippen LogP contribution in [0, 0.1) is 0 Å². The van der Waals surface area contributed by atoms with E-state index in [2.05, 4.69) is 20.4 Å². The topological polar surface area (TPSA) is 69.0 Å². The summed E-state index contributed by atoms with van der Waals surface area (Å²) < 4.78 is 31.3. The monoisotopic (exact) mass is 504 g/mol. The summed E-state index contributed by atoms with van der Waals surface area (Å²) in [6.45, 7) is -2.92. The number of ketones is 1. The fraction of sp³-hybridized carbons (Fsp3) is 0.375. The van der Waals surface area contributed by atoms with Crippen LogP contribution in [0.2, 0.25) is 5.02 Å². The van der Waals surface area contributed by atoms with E-state index >= 15 is 0 Å². The zero-order valence-electron chi connectivity index (χ0n) is 18.2. The van der Waals surface area contributed by atoms with E-state index in [1.54, 1.807) is 12.1 Å². The fourth-order valence-electron chi connectivity index (χ4n) is 4.58. The lowest BCUT2D eigenvalue weighted by Gasteiger charge is -2.34. The van der Waals surface area contributed by atoms with Crippen molar-refractivity contribution in [2.45, 2.75) is 61.1 Å². The molecule has 1 N–H and O–H groups in total. The van der Waals surface area contributed by atoms with Gasteiger partial charge in [-0.3, -0.25) is 4.79 Å². The normalized spacial score (nSPS) is 20.6. The number of Topliss-reactive ketones (excluding diaryl/α,β-unsaturated/α-hetero) is 1. The van der Waals surface area contributed by atoms with Crippen molar-refractivity contribution in [3.63, 3.8) is 0 Å². The number of ether oxygens (including phenoxy) is 1. The van der Waals surface area contributed by atoms with Crippen molar-refractivity contribution in [1.29, 1.82) is 0 Å². The molecule has 1 aliphatic carbocycles. The molecule has 0 bridgehead atoms. The number of nitrogens with one attached hydrogen (secondary N) is 1. The van der Waals surface area contributed by atoms with Gasteiger partial charge >= 0.3 is 6.61 Å². The smallest absolute Gasteiger partial charge is 0.387 e. The molecular formula is C24H23ClF2N4O2S. The van der Waals surface area contributed by atoms with Gasteiger partial charge in [0, 0.05) is 16.5 Å². The summed E-state index contributed by atoms with van der Waals surface area (Å²) in [7, 11) is 0. The lowest BCUT2D eigenvalue weighted by atomic mass is 9.89. The van der Waals surface area contributed by atoms with Gasteiger partial charge in [0.25, 0.3) is 0 Å². The number of carbonyl (C=O) groups excluding carboxylic acids is 1. The van der Waals surface area contributed by atoms with Crippen molar-refractivity contribution in [3.05, 3.63) is 70.5 Å². The maximum Gasteiger partial charge on any atom is 0.387 e. The molecule has 1 aliphatic heterocycles. The van der Waals surface area contributed by atoms with Crippen molar-refractivity contribution in [3.8, 4) is 5.75 Å². The van der Waals surface area contributed by atoms with Crippen molar-refractivity contribution in [1.82, 2.24) is 14.9 Å². The number of fused-ring (bicyclic) bond motifs is 1. The molecular weight excluding hydrogens is 482 g/mol. The number of benzene rings is 2. The van der Waals surface area contributed by atoms with Crippen LogP contribution in [0.25, 0.3) is 0 Å². The summed E-state index contributed by atoms with van der Waals surface area (Å²) in [5.74, 6) is 1.10. The number of nitrogens with zero attached hydrogens (tertiary/aromatic N) is 3. The molecule has 0 spiro atoms. The molecule has 34 heavy (non-hydrogen) atoms. The van der Waals surface area contributed by atoms with Crippen LogP contribution in [0.3, 0.4) is 0 Å². The van der Waals surface area contributed by atoms with Gasteiger partial charge in [0.05, 0.1) is 6.04 Å². The molecule has 1 saturated carbocycles. The van der Waals surface area contributed by atoms with E-state index in [1.165, 1.54) is 55.3 Å². The Morgan fingerprint density at radius 3 is 2.44 bits per heavy atom. The maximum atomic E-state index is 13.6. The van der Waals surface area contributed by atoms with Gasteiger partial charge in [0.15, 0.2) is 11.6 Å². The van der Waals surface area contributed by atoms with Crippen LogP contribution in [0.1, 0.15) is 65.8 Å². The predicted molar refractivity (Wildman–Crippen MR) is 126 cm³/mol. The molecule has 0 amide bonds. The highest BCUT2D eigenvalue weighted by atomic mass is 35.5. The van der Waals surface area contributed by atoms with E-state index in [0.29, 0.717) is 21.7 Å². The van der Waals surface area contributed by atoms with E-state index in [1.807, 2.05) is 16.8 Å². The van der Waals surface area contributed by atoms with E-state index in [4.69, 9.17) is 11.6 Å². The van der Waals surface area contributed by atoms with Crippen molar-refractivity contribution in [2.24, 2.45) is 0 Å². The summed E-state index contributed by atoms with van der Waals surface area (Å²) in [5, 5.41) is 9.57. The largest absolute Gasteiger partial charge is 0.435 e. The molecule has 3 aromatic rings. The van der Waals surface area contributed by atoms with Gasteiger partial charge in [0.2, 0.25) is 5.16 Å². The maximum absolute atomic E-state index is 13.6. The summed E-state index contributed by atoms with van der Waals surface area (Å²) in [6.07, 6.45) is 5.74. The van der Waals surface area contributed by atoms with E-state index in [-0.39, 0.29) is 17.6 Å². The average molecular weight is 505 g/mol. The minimum Gasteiger partial charge on any atom is -0.435 e. The molecule has 10 heteroatoms. The second-order valence-electron chi connectivity index (χ2n) is 8.48. The molecule has 0 radical (unpaired) electrons. The second-order valence-corrected chi connectivity index (χ2v) is 10.0. The van der Waals surface area contributed by atoms with Crippen LogP contribution in [0.15, 0.2) is 53.7 Å². The third kappa shape index (κ3) is 4.77. The van der Waals surface area contributed by atoms with E-state index in [9.17, 15) is 13.6 Å². The average Bonchev–Trinajstić information content (AvgIpc) is 3.27. The van der Waals surface area contributed by atoms with Crippen molar-refractivity contribution < 1.29 is 18.3 Å². The van der Waals surface area contributed by atoms with Gasteiger partial charge in [-0.25, -0.2) is 4.68 Å². The zero-order valence-corrected chi connectivity index (χ0v) is 19.7. The molecule has 0 unspecified atom stereocenters. The second kappa shape index (κ2) is 9.92. The zero-order chi connectivity index (χ0) is 23.7. The SMILES string of the molecule is O=C(c1ccc(OC(F)F)cc1)[C@@H]1Sc2nnc(C3CCCCC3)n2N[C@H]1c1ccc(Cl)cc1. The number of thioether (sulfide) groups is 1. The van der Waals surface area contributed by atoms with Crippen LogP contribution in [-0.2, 0) is 0 Å². The Kier molecular flexibility index (Phi) is 6.74. The van der Waals surface area contributed by atoms with Gasteiger partial charge in [0.1, 0.15) is 11.0 Å². The standard InChI is InChI=1S/C24H23ClF2N4O2S/c25-17-10-6-14(7-11-17)19-21(20(32)15-8-12-18(13-9-15)33-23(26)27)34-24-29-28-22(31(24)30-19)16-4-2-1-3-5-16/h6-13,16,19,21,23,30H,1-5H2/t19-,21+/m0/s1. The van der Waals surface area contributed by atoms with Gasteiger partial charge in [-0.2, -0.15) is 8.78 Å². The number of carbonyl (C=O) groups is 1. The number of alkyl halides is 2. The Morgan fingerprint density at radius 2 is 1.76 bits per heavy atom. The highest BCUT2D eigenvalue weighted by molar-refractivity contribution is 8.00.